The Labute approximate surface area is 134 Å². The van der Waals surface area contributed by atoms with Gasteiger partial charge in [-0.05, 0) is 31.4 Å². The van der Waals surface area contributed by atoms with Gasteiger partial charge in [0.15, 0.2) is 11.5 Å². The molecule has 2 N–H and O–H groups in total. The number of carbonyl (C=O) groups is 2. The topological polar surface area (TPSA) is 76.7 Å². The Morgan fingerprint density at radius 2 is 2.09 bits per heavy atom. The molecule has 0 bridgehead atoms. The average Bonchev–Trinajstić information content (AvgIpc) is 2.71. The number of amides is 2. The Bertz CT molecular complexity index is 577. The van der Waals surface area contributed by atoms with Crippen molar-refractivity contribution in [2.75, 3.05) is 20.8 Å². The van der Waals surface area contributed by atoms with Gasteiger partial charge >= 0.3 is 0 Å². The van der Waals surface area contributed by atoms with E-state index in [9.17, 15) is 9.59 Å². The Morgan fingerprint density at radius 3 is 2.77 bits per heavy atom. The predicted molar refractivity (Wildman–Crippen MR) is 82.7 cm³/mol. The zero-order valence-electron chi connectivity index (χ0n) is 12.6. The second kappa shape index (κ2) is 7.35. The highest BCUT2D eigenvalue weighted by Crippen LogP contribution is 2.36. The first-order chi connectivity index (χ1) is 10.6. The monoisotopic (exact) mass is 326 g/mol. The van der Waals surface area contributed by atoms with Gasteiger partial charge < -0.3 is 20.1 Å². The highest BCUT2D eigenvalue weighted by atomic mass is 35.5. The summed E-state index contributed by atoms with van der Waals surface area (Å²) in [6.45, 7) is 0.646. The van der Waals surface area contributed by atoms with Crippen LogP contribution >= 0.6 is 11.6 Å². The zero-order valence-corrected chi connectivity index (χ0v) is 13.3. The van der Waals surface area contributed by atoms with Gasteiger partial charge in [-0.15, -0.1) is 0 Å². The van der Waals surface area contributed by atoms with Crippen molar-refractivity contribution < 1.29 is 19.1 Å². The molecule has 1 aliphatic rings. The number of halogens is 1. The Kier molecular flexibility index (Phi) is 5.49. The summed E-state index contributed by atoms with van der Waals surface area (Å²) < 4.78 is 10.3. The Hall–Kier alpha value is -1.95. The molecular weight excluding hydrogens is 308 g/mol. The summed E-state index contributed by atoms with van der Waals surface area (Å²) in [6.07, 6.45) is 2.43. The van der Waals surface area contributed by atoms with Crippen LogP contribution in [0.2, 0.25) is 5.02 Å². The first-order valence-electron chi connectivity index (χ1n) is 7.07. The number of methoxy groups -OCH3 is 2. The fraction of sp³-hybridized carbons (Fsp3) is 0.467. The molecule has 1 fully saturated rings. The van der Waals surface area contributed by atoms with Crippen LogP contribution in [0.1, 0.15) is 29.6 Å². The van der Waals surface area contributed by atoms with Crippen molar-refractivity contribution in [3.8, 4) is 11.5 Å². The molecule has 2 rings (SSSR count). The predicted octanol–water partition coefficient (Wildman–Crippen LogP) is 1.76. The highest BCUT2D eigenvalue weighted by molar-refractivity contribution is 6.32. The van der Waals surface area contributed by atoms with Gasteiger partial charge in [0.05, 0.1) is 19.2 Å². The molecule has 1 saturated heterocycles. The lowest BCUT2D eigenvalue weighted by atomic mass is 10.1. The standard InChI is InChI=1S/C15H19ClN2O4/c1-21-12-8-9(7-10(16)13(12)22-2)14(19)18-11-5-3-4-6-17-15(11)20/h7-8,11H,3-6H2,1-2H3,(H,17,20)(H,18,19). The van der Waals surface area contributed by atoms with E-state index in [4.69, 9.17) is 21.1 Å². The average molecular weight is 327 g/mol. The quantitative estimate of drug-likeness (QED) is 0.884. The maximum Gasteiger partial charge on any atom is 0.252 e. The Morgan fingerprint density at radius 1 is 1.32 bits per heavy atom. The van der Waals surface area contributed by atoms with Crippen LogP contribution in [-0.4, -0.2) is 38.6 Å². The highest BCUT2D eigenvalue weighted by Gasteiger charge is 2.24. The second-order valence-corrected chi connectivity index (χ2v) is 5.41. The number of hydrogen-bond donors (Lipinski definition) is 2. The number of benzene rings is 1. The van der Waals surface area contributed by atoms with E-state index in [0.717, 1.165) is 12.8 Å². The largest absolute Gasteiger partial charge is 0.493 e. The van der Waals surface area contributed by atoms with Gasteiger partial charge in [0.25, 0.3) is 5.91 Å². The van der Waals surface area contributed by atoms with Crippen LogP contribution < -0.4 is 20.1 Å². The lowest BCUT2D eigenvalue weighted by Crippen LogP contribution is -2.45. The van der Waals surface area contributed by atoms with Gasteiger partial charge in [-0.25, -0.2) is 0 Å². The van der Waals surface area contributed by atoms with Crippen molar-refractivity contribution in [2.45, 2.75) is 25.3 Å². The van der Waals surface area contributed by atoms with E-state index in [0.29, 0.717) is 30.0 Å². The van der Waals surface area contributed by atoms with E-state index < -0.39 is 6.04 Å². The molecule has 1 aromatic rings. The van der Waals surface area contributed by atoms with Crippen LogP contribution in [0.5, 0.6) is 11.5 Å². The summed E-state index contributed by atoms with van der Waals surface area (Å²) in [5, 5.41) is 5.79. The van der Waals surface area contributed by atoms with Crippen LogP contribution in [0.25, 0.3) is 0 Å². The van der Waals surface area contributed by atoms with Gasteiger partial charge in [-0.3, -0.25) is 9.59 Å². The van der Waals surface area contributed by atoms with Crippen molar-refractivity contribution in [3.05, 3.63) is 22.7 Å². The Balaban J connectivity index is 2.18. The molecule has 1 heterocycles. The SMILES string of the molecule is COc1cc(C(=O)NC2CCCCNC2=O)cc(Cl)c1OC. The maximum atomic E-state index is 12.3. The third-order valence-corrected chi connectivity index (χ3v) is 3.82. The van der Waals surface area contributed by atoms with Gasteiger partial charge in [0, 0.05) is 12.1 Å². The fourth-order valence-electron chi connectivity index (χ4n) is 2.37. The van der Waals surface area contributed by atoms with Crippen molar-refractivity contribution in [1.82, 2.24) is 10.6 Å². The normalized spacial score (nSPS) is 18.1. The molecule has 0 spiro atoms. The van der Waals surface area contributed by atoms with E-state index in [-0.39, 0.29) is 16.8 Å². The zero-order chi connectivity index (χ0) is 16.1. The number of hydrogen-bond acceptors (Lipinski definition) is 4. The maximum absolute atomic E-state index is 12.3. The first kappa shape index (κ1) is 16.4. The van der Waals surface area contributed by atoms with E-state index in [2.05, 4.69) is 10.6 Å². The van der Waals surface area contributed by atoms with Gasteiger partial charge in [-0.2, -0.15) is 0 Å². The lowest BCUT2D eigenvalue weighted by molar-refractivity contribution is -0.122. The molecule has 2 amide bonds. The minimum atomic E-state index is -0.526. The van der Waals surface area contributed by atoms with E-state index in [1.165, 1.54) is 26.4 Å². The molecule has 22 heavy (non-hydrogen) atoms. The summed E-state index contributed by atoms with van der Waals surface area (Å²) in [4.78, 5) is 24.2. The molecule has 6 nitrogen and oxygen atoms in total. The second-order valence-electron chi connectivity index (χ2n) is 5.01. The van der Waals surface area contributed by atoms with Crippen LogP contribution in [0, 0.1) is 0 Å². The van der Waals surface area contributed by atoms with Crippen molar-refractivity contribution in [1.29, 1.82) is 0 Å². The smallest absolute Gasteiger partial charge is 0.252 e. The van der Waals surface area contributed by atoms with E-state index in [1.54, 1.807) is 0 Å². The summed E-state index contributed by atoms with van der Waals surface area (Å²) in [6, 6.07) is 2.50. The van der Waals surface area contributed by atoms with Crippen LogP contribution in [0.4, 0.5) is 0 Å². The molecule has 0 radical (unpaired) electrons. The summed E-state index contributed by atoms with van der Waals surface area (Å²) in [7, 11) is 2.94. The third-order valence-electron chi connectivity index (χ3n) is 3.54. The molecule has 1 atom stereocenters. The first-order valence-corrected chi connectivity index (χ1v) is 7.44. The molecule has 1 unspecified atom stereocenters. The van der Waals surface area contributed by atoms with Gasteiger partial charge in [0.2, 0.25) is 5.91 Å². The van der Waals surface area contributed by atoms with Crippen LogP contribution in [-0.2, 0) is 4.79 Å². The van der Waals surface area contributed by atoms with E-state index in [1.807, 2.05) is 0 Å². The van der Waals surface area contributed by atoms with E-state index >= 15 is 0 Å². The molecular formula is C15H19ClN2O4. The van der Waals surface area contributed by atoms with Crippen molar-refractivity contribution >= 4 is 23.4 Å². The molecule has 0 saturated carbocycles. The van der Waals surface area contributed by atoms with Crippen LogP contribution in [0.3, 0.4) is 0 Å². The van der Waals surface area contributed by atoms with Crippen molar-refractivity contribution in [2.24, 2.45) is 0 Å². The number of nitrogens with one attached hydrogen (secondary N) is 2. The lowest BCUT2D eigenvalue weighted by Gasteiger charge is -2.16. The minimum Gasteiger partial charge on any atom is -0.493 e. The van der Waals surface area contributed by atoms with Crippen molar-refractivity contribution in [3.63, 3.8) is 0 Å². The molecule has 1 aliphatic heterocycles. The molecule has 7 heteroatoms. The van der Waals surface area contributed by atoms with Gasteiger partial charge in [-0.1, -0.05) is 11.6 Å². The molecule has 0 aliphatic carbocycles. The third kappa shape index (κ3) is 3.62. The van der Waals surface area contributed by atoms with Crippen LogP contribution in [0.15, 0.2) is 12.1 Å². The van der Waals surface area contributed by atoms with Gasteiger partial charge in [0.1, 0.15) is 6.04 Å². The molecule has 0 aromatic heterocycles. The molecule has 1 aromatic carbocycles. The minimum absolute atomic E-state index is 0.155. The number of ether oxygens (including phenoxy) is 2. The summed E-state index contributed by atoms with van der Waals surface area (Å²) in [5.41, 5.74) is 0.319. The number of carbonyl (C=O) groups excluding carboxylic acids is 2. The molecule has 120 valence electrons. The summed E-state index contributed by atoms with van der Waals surface area (Å²) >= 11 is 6.09. The summed E-state index contributed by atoms with van der Waals surface area (Å²) in [5.74, 6) is 0.209. The number of rotatable bonds is 4. The fourth-order valence-corrected chi connectivity index (χ4v) is 2.66.